The summed E-state index contributed by atoms with van der Waals surface area (Å²) in [6.07, 6.45) is 0. The van der Waals surface area contributed by atoms with Gasteiger partial charge in [0.25, 0.3) is 0 Å². The summed E-state index contributed by atoms with van der Waals surface area (Å²) in [5, 5.41) is 7.40. The fourth-order valence-electron chi connectivity index (χ4n) is 0.283. The summed E-state index contributed by atoms with van der Waals surface area (Å²) in [4.78, 5) is 0. The molecule has 0 unspecified atom stereocenters. The molecule has 0 aliphatic rings. The van der Waals surface area contributed by atoms with Gasteiger partial charge in [-0.3, -0.25) is 0 Å². The highest BCUT2D eigenvalue weighted by Gasteiger charge is 2.13. The SMILES string of the molecule is CC(=NN=C(N)N)C(C)(C)C. The molecule has 0 bridgehead atoms. The first kappa shape index (κ1) is 9.94. The lowest BCUT2D eigenvalue weighted by molar-refractivity contribution is 0.585. The van der Waals surface area contributed by atoms with E-state index in [0.29, 0.717) is 0 Å². The summed E-state index contributed by atoms with van der Waals surface area (Å²) in [5.74, 6) is -0.00593. The van der Waals surface area contributed by atoms with Crippen LogP contribution in [0.3, 0.4) is 0 Å². The Morgan fingerprint density at radius 3 is 1.82 bits per heavy atom. The molecule has 0 aliphatic carbocycles. The van der Waals surface area contributed by atoms with Crippen molar-refractivity contribution in [3.63, 3.8) is 0 Å². The van der Waals surface area contributed by atoms with Gasteiger partial charge >= 0.3 is 0 Å². The van der Waals surface area contributed by atoms with E-state index in [1.165, 1.54) is 0 Å². The van der Waals surface area contributed by atoms with E-state index in [2.05, 4.69) is 10.2 Å². The molecule has 4 N–H and O–H groups in total. The fourth-order valence-corrected chi connectivity index (χ4v) is 0.283. The number of nitrogens with two attached hydrogens (primary N) is 2. The molecule has 0 aromatic carbocycles. The molecular formula is C7H16N4. The van der Waals surface area contributed by atoms with Crippen LogP contribution in [0.25, 0.3) is 0 Å². The van der Waals surface area contributed by atoms with Gasteiger partial charge in [-0.1, -0.05) is 20.8 Å². The Bertz CT molecular complexity index is 181. The van der Waals surface area contributed by atoms with Crippen molar-refractivity contribution in [3.05, 3.63) is 0 Å². The van der Waals surface area contributed by atoms with Crippen LogP contribution in [0.1, 0.15) is 27.7 Å². The lowest BCUT2D eigenvalue weighted by Crippen LogP contribution is -2.23. The minimum atomic E-state index is -0.00593. The van der Waals surface area contributed by atoms with Gasteiger partial charge in [0, 0.05) is 11.1 Å². The first-order chi connectivity index (χ1) is 4.84. The van der Waals surface area contributed by atoms with Crippen LogP contribution in [-0.2, 0) is 0 Å². The molecule has 0 aromatic rings. The number of hydrogen-bond acceptors (Lipinski definition) is 2. The molecule has 0 amide bonds. The Morgan fingerprint density at radius 1 is 1.09 bits per heavy atom. The van der Waals surface area contributed by atoms with Gasteiger partial charge in [-0.05, 0) is 6.92 Å². The standard InChI is InChI=1S/C7H16N4/c1-5(7(2,3)4)10-11-6(8)9/h1-4H3,(H4,8,9,11). The average molecular weight is 156 g/mol. The smallest absolute Gasteiger partial charge is 0.211 e. The normalized spacial score (nSPS) is 12.9. The molecular weight excluding hydrogens is 140 g/mol. The molecule has 0 radical (unpaired) electrons. The first-order valence-corrected chi connectivity index (χ1v) is 3.47. The van der Waals surface area contributed by atoms with Crippen molar-refractivity contribution in [1.82, 2.24) is 0 Å². The predicted molar refractivity (Wildman–Crippen MR) is 48.4 cm³/mol. The maximum absolute atomic E-state index is 5.10. The molecule has 0 saturated carbocycles. The van der Waals surface area contributed by atoms with Crippen LogP contribution in [0, 0.1) is 5.41 Å². The molecule has 4 nitrogen and oxygen atoms in total. The molecule has 0 rings (SSSR count). The summed E-state index contributed by atoms with van der Waals surface area (Å²) >= 11 is 0. The van der Waals surface area contributed by atoms with Crippen LogP contribution in [-0.4, -0.2) is 11.7 Å². The molecule has 0 fully saturated rings. The van der Waals surface area contributed by atoms with Gasteiger partial charge in [-0.2, -0.15) is 5.10 Å². The largest absolute Gasteiger partial charge is 0.369 e. The monoisotopic (exact) mass is 156 g/mol. The summed E-state index contributed by atoms with van der Waals surface area (Å²) in [6.45, 7) is 8.04. The Kier molecular flexibility index (Phi) is 3.04. The van der Waals surface area contributed by atoms with Gasteiger partial charge in [0.1, 0.15) is 0 Å². The summed E-state index contributed by atoms with van der Waals surface area (Å²) in [6, 6.07) is 0. The van der Waals surface area contributed by atoms with Crippen LogP contribution in [0.15, 0.2) is 10.2 Å². The maximum Gasteiger partial charge on any atom is 0.211 e. The number of rotatable bonds is 1. The molecule has 0 atom stereocenters. The average Bonchev–Trinajstić information content (AvgIpc) is 1.80. The van der Waals surface area contributed by atoms with Crippen molar-refractivity contribution in [1.29, 1.82) is 0 Å². The van der Waals surface area contributed by atoms with E-state index in [9.17, 15) is 0 Å². The number of guanidine groups is 1. The highest BCUT2D eigenvalue weighted by molar-refractivity contribution is 5.87. The van der Waals surface area contributed by atoms with E-state index in [-0.39, 0.29) is 11.4 Å². The molecule has 4 heteroatoms. The van der Waals surface area contributed by atoms with E-state index in [4.69, 9.17) is 11.5 Å². The zero-order chi connectivity index (χ0) is 9.07. The van der Waals surface area contributed by atoms with E-state index in [1.807, 2.05) is 27.7 Å². The number of nitrogens with zero attached hydrogens (tertiary/aromatic N) is 2. The van der Waals surface area contributed by atoms with E-state index >= 15 is 0 Å². The van der Waals surface area contributed by atoms with Crippen molar-refractivity contribution in [2.24, 2.45) is 27.1 Å². The topological polar surface area (TPSA) is 76.8 Å². The second-order valence-corrected chi connectivity index (χ2v) is 3.46. The Hall–Kier alpha value is -1.06. The third-order valence-electron chi connectivity index (χ3n) is 1.40. The maximum atomic E-state index is 5.10. The van der Waals surface area contributed by atoms with Gasteiger partial charge in [-0.25, -0.2) is 0 Å². The Balaban J connectivity index is 4.36. The predicted octanol–water partition coefficient (Wildman–Crippen LogP) is 0.682. The Morgan fingerprint density at radius 2 is 1.55 bits per heavy atom. The van der Waals surface area contributed by atoms with E-state index in [1.54, 1.807) is 0 Å². The van der Waals surface area contributed by atoms with Crippen molar-refractivity contribution in [3.8, 4) is 0 Å². The quantitative estimate of drug-likeness (QED) is 0.333. The molecule has 0 aromatic heterocycles. The Labute approximate surface area is 67.4 Å². The molecule has 11 heavy (non-hydrogen) atoms. The minimum Gasteiger partial charge on any atom is -0.369 e. The highest BCUT2D eigenvalue weighted by atomic mass is 15.3. The lowest BCUT2D eigenvalue weighted by Gasteiger charge is -2.15. The van der Waals surface area contributed by atoms with Gasteiger partial charge < -0.3 is 11.5 Å². The first-order valence-electron chi connectivity index (χ1n) is 3.47. The van der Waals surface area contributed by atoms with Crippen LogP contribution >= 0.6 is 0 Å². The van der Waals surface area contributed by atoms with Crippen molar-refractivity contribution < 1.29 is 0 Å². The van der Waals surface area contributed by atoms with Crippen LogP contribution in [0.2, 0.25) is 0 Å². The molecule has 0 aliphatic heterocycles. The van der Waals surface area contributed by atoms with Crippen molar-refractivity contribution in [2.45, 2.75) is 27.7 Å². The summed E-state index contributed by atoms with van der Waals surface area (Å²) in [7, 11) is 0. The number of hydrogen-bond donors (Lipinski definition) is 2. The zero-order valence-electron chi connectivity index (χ0n) is 7.55. The van der Waals surface area contributed by atoms with E-state index in [0.717, 1.165) is 5.71 Å². The third-order valence-corrected chi connectivity index (χ3v) is 1.40. The zero-order valence-corrected chi connectivity index (χ0v) is 7.55. The highest BCUT2D eigenvalue weighted by Crippen LogP contribution is 2.15. The van der Waals surface area contributed by atoms with Crippen molar-refractivity contribution in [2.75, 3.05) is 0 Å². The van der Waals surface area contributed by atoms with Crippen LogP contribution in [0.4, 0.5) is 0 Å². The second kappa shape index (κ2) is 3.37. The van der Waals surface area contributed by atoms with Gasteiger partial charge in [-0.15, -0.1) is 5.10 Å². The van der Waals surface area contributed by atoms with Gasteiger partial charge in [0.15, 0.2) is 0 Å². The molecule has 0 saturated heterocycles. The van der Waals surface area contributed by atoms with Crippen LogP contribution < -0.4 is 11.5 Å². The second-order valence-electron chi connectivity index (χ2n) is 3.46. The minimum absolute atomic E-state index is 0.00593. The molecule has 0 heterocycles. The molecule has 0 spiro atoms. The van der Waals surface area contributed by atoms with Gasteiger partial charge in [0.2, 0.25) is 5.96 Å². The summed E-state index contributed by atoms with van der Waals surface area (Å²) in [5.41, 5.74) is 11.1. The van der Waals surface area contributed by atoms with Crippen molar-refractivity contribution >= 4 is 11.7 Å². The molecule has 64 valence electrons. The van der Waals surface area contributed by atoms with Gasteiger partial charge in [0.05, 0.1) is 0 Å². The summed E-state index contributed by atoms with van der Waals surface area (Å²) < 4.78 is 0. The lowest BCUT2D eigenvalue weighted by atomic mass is 9.91. The van der Waals surface area contributed by atoms with Crippen LogP contribution in [0.5, 0.6) is 0 Å². The third kappa shape index (κ3) is 4.36. The van der Waals surface area contributed by atoms with E-state index < -0.39 is 0 Å². The fraction of sp³-hybridized carbons (Fsp3) is 0.714.